The van der Waals surface area contributed by atoms with Gasteiger partial charge < -0.3 is 5.73 Å². The lowest BCUT2D eigenvalue weighted by molar-refractivity contribution is 0.591. The van der Waals surface area contributed by atoms with Crippen LogP contribution in [0.1, 0.15) is 25.7 Å². The molecule has 0 radical (unpaired) electrons. The topological polar surface area (TPSA) is 26.0 Å². The van der Waals surface area contributed by atoms with Crippen molar-refractivity contribution in [1.29, 1.82) is 0 Å². The average molecular weight is 300 g/mol. The lowest BCUT2D eigenvalue weighted by atomic mass is 10.1. The fraction of sp³-hybridized carbons (Fsp3) is 0.538. The SMILES string of the molecule is NC(CCC1CC1)CSc1cccc(Br)c1. The second-order valence-corrected chi connectivity index (χ2v) is 6.56. The number of nitrogens with two attached hydrogens (primary N) is 1. The van der Waals surface area contributed by atoms with Gasteiger partial charge in [-0.3, -0.25) is 0 Å². The summed E-state index contributed by atoms with van der Waals surface area (Å²) < 4.78 is 1.14. The molecule has 0 saturated heterocycles. The van der Waals surface area contributed by atoms with E-state index in [1.54, 1.807) is 0 Å². The summed E-state index contributed by atoms with van der Waals surface area (Å²) in [5.74, 6) is 2.03. The average Bonchev–Trinajstić information content (AvgIpc) is 3.07. The number of halogens is 1. The first-order valence-electron chi connectivity index (χ1n) is 5.88. The number of hydrogen-bond donors (Lipinski definition) is 1. The summed E-state index contributed by atoms with van der Waals surface area (Å²) >= 11 is 5.34. The Balaban J connectivity index is 1.69. The van der Waals surface area contributed by atoms with E-state index >= 15 is 0 Å². The lowest BCUT2D eigenvalue weighted by Crippen LogP contribution is -2.22. The van der Waals surface area contributed by atoms with Gasteiger partial charge in [-0.25, -0.2) is 0 Å². The number of hydrogen-bond acceptors (Lipinski definition) is 2. The molecule has 1 atom stereocenters. The Morgan fingerprint density at radius 2 is 2.25 bits per heavy atom. The number of rotatable bonds is 6. The van der Waals surface area contributed by atoms with Gasteiger partial charge in [0.1, 0.15) is 0 Å². The fourth-order valence-electron chi connectivity index (χ4n) is 1.70. The van der Waals surface area contributed by atoms with Crippen molar-refractivity contribution in [3.63, 3.8) is 0 Å². The zero-order valence-electron chi connectivity index (χ0n) is 9.36. The summed E-state index contributed by atoms with van der Waals surface area (Å²) in [4.78, 5) is 1.30. The van der Waals surface area contributed by atoms with Crippen LogP contribution in [-0.4, -0.2) is 11.8 Å². The van der Waals surface area contributed by atoms with Crippen LogP contribution in [-0.2, 0) is 0 Å². The largest absolute Gasteiger partial charge is 0.327 e. The minimum absolute atomic E-state index is 0.351. The highest BCUT2D eigenvalue weighted by atomic mass is 79.9. The molecule has 1 saturated carbocycles. The van der Waals surface area contributed by atoms with Crippen LogP contribution in [0.3, 0.4) is 0 Å². The molecule has 1 aromatic carbocycles. The van der Waals surface area contributed by atoms with Crippen molar-refractivity contribution in [3.8, 4) is 0 Å². The van der Waals surface area contributed by atoms with Gasteiger partial charge in [-0.2, -0.15) is 0 Å². The molecule has 2 rings (SSSR count). The fourth-order valence-corrected chi connectivity index (χ4v) is 3.21. The highest BCUT2D eigenvalue weighted by Gasteiger charge is 2.21. The Morgan fingerprint density at radius 1 is 1.44 bits per heavy atom. The van der Waals surface area contributed by atoms with Gasteiger partial charge in [-0.1, -0.05) is 34.8 Å². The maximum Gasteiger partial charge on any atom is 0.0186 e. The minimum atomic E-state index is 0.351. The zero-order chi connectivity index (χ0) is 11.4. The van der Waals surface area contributed by atoms with E-state index in [4.69, 9.17) is 5.73 Å². The molecule has 1 unspecified atom stereocenters. The first-order chi connectivity index (χ1) is 7.74. The van der Waals surface area contributed by atoms with Gasteiger partial charge in [0.25, 0.3) is 0 Å². The van der Waals surface area contributed by atoms with Crippen molar-refractivity contribution >= 4 is 27.7 Å². The molecular weight excluding hydrogens is 282 g/mol. The summed E-state index contributed by atoms with van der Waals surface area (Å²) in [6.07, 6.45) is 5.39. The van der Waals surface area contributed by atoms with Gasteiger partial charge in [0.15, 0.2) is 0 Å². The van der Waals surface area contributed by atoms with Crippen molar-refractivity contribution in [2.45, 2.75) is 36.6 Å². The molecule has 0 bridgehead atoms. The minimum Gasteiger partial charge on any atom is -0.327 e. The molecule has 1 aliphatic rings. The molecule has 0 heterocycles. The van der Waals surface area contributed by atoms with Crippen molar-refractivity contribution < 1.29 is 0 Å². The third-order valence-electron chi connectivity index (χ3n) is 2.90. The lowest BCUT2D eigenvalue weighted by Gasteiger charge is -2.10. The van der Waals surface area contributed by atoms with Crippen LogP contribution in [0.25, 0.3) is 0 Å². The van der Waals surface area contributed by atoms with Gasteiger partial charge in [0.2, 0.25) is 0 Å². The summed E-state index contributed by atoms with van der Waals surface area (Å²) in [6.45, 7) is 0. The van der Waals surface area contributed by atoms with Crippen LogP contribution in [0.15, 0.2) is 33.6 Å². The van der Waals surface area contributed by atoms with Crippen LogP contribution in [0.2, 0.25) is 0 Å². The van der Waals surface area contributed by atoms with Crippen LogP contribution in [0.4, 0.5) is 0 Å². The molecule has 1 nitrogen and oxygen atoms in total. The standard InChI is InChI=1S/C13H18BrNS/c14-11-2-1-3-13(8-11)16-9-12(15)7-6-10-4-5-10/h1-3,8,10,12H,4-7,9,15H2. The molecule has 16 heavy (non-hydrogen) atoms. The van der Waals surface area contributed by atoms with E-state index in [1.807, 2.05) is 11.8 Å². The van der Waals surface area contributed by atoms with Gasteiger partial charge in [0.05, 0.1) is 0 Å². The molecule has 1 aromatic rings. The van der Waals surface area contributed by atoms with Crippen molar-refractivity contribution in [2.24, 2.45) is 11.7 Å². The van der Waals surface area contributed by atoms with Crippen LogP contribution >= 0.6 is 27.7 Å². The normalized spacial score (nSPS) is 17.4. The molecule has 2 N–H and O–H groups in total. The molecule has 1 aliphatic carbocycles. The maximum absolute atomic E-state index is 6.10. The van der Waals surface area contributed by atoms with E-state index in [0.717, 1.165) is 16.1 Å². The van der Waals surface area contributed by atoms with Crippen molar-refractivity contribution in [1.82, 2.24) is 0 Å². The van der Waals surface area contributed by atoms with E-state index in [1.165, 1.54) is 30.6 Å². The molecular formula is C13H18BrNS. The summed E-state index contributed by atoms with van der Waals surface area (Å²) in [5.41, 5.74) is 6.10. The first-order valence-corrected chi connectivity index (χ1v) is 7.66. The molecule has 0 aliphatic heterocycles. The number of benzene rings is 1. The maximum atomic E-state index is 6.10. The monoisotopic (exact) mass is 299 g/mol. The van der Waals surface area contributed by atoms with Gasteiger partial charge in [0, 0.05) is 21.2 Å². The predicted octanol–water partition coefficient (Wildman–Crippen LogP) is 4.06. The molecule has 1 fully saturated rings. The Morgan fingerprint density at radius 3 is 2.94 bits per heavy atom. The van der Waals surface area contributed by atoms with E-state index < -0.39 is 0 Å². The zero-order valence-corrected chi connectivity index (χ0v) is 11.8. The molecule has 0 spiro atoms. The van der Waals surface area contributed by atoms with E-state index in [9.17, 15) is 0 Å². The summed E-state index contributed by atoms with van der Waals surface area (Å²) in [6, 6.07) is 8.77. The van der Waals surface area contributed by atoms with Crippen LogP contribution < -0.4 is 5.73 Å². The Labute approximate surface area is 110 Å². The Bertz CT molecular complexity index is 338. The smallest absolute Gasteiger partial charge is 0.0186 e. The van der Waals surface area contributed by atoms with E-state index in [-0.39, 0.29) is 0 Å². The summed E-state index contributed by atoms with van der Waals surface area (Å²) in [7, 11) is 0. The molecule has 88 valence electrons. The highest BCUT2D eigenvalue weighted by molar-refractivity contribution is 9.10. The molecule has 3 heteroatoms. The van der Waals surface area contributed by atoms with Crippen molar-refractivity contribution in [2.75, 3.05) is 5.75 Å². The Kier molecular flexibility index (Phi) is 4.74. The predicted molar refractivity (Wildman–Crippen MR) is 74.8 cm³/mol. The quantitative estimate of drug-likeness (QED) is 0.802. The van der Waals surface area contributed by atoms with E-state index in [2.05, 4.69) is 40.2 Å². The summed E-state index contributed by atoms with van der Waals surface area (Å²) in [5, 5.41) is 0. The second kappa shape index (κ2) is 6.08. The van der Waals surface area contributed by atoms with E-state index in [0.29, 0.717) is 6.04 Å². The third kappa shape index (κ3) is 4.48. The van der Waals surface area contributed by atoms with Gasteiger partial charge >= 0.3 is 0 Å². The highest BCUT2D eigenvalue weighted by Crippen LogP contribution is 2.34. The molecule has 0 aromatic heterocycles. The van der Waals surface area contributed by atoms with Gasteiger partial charge in [-0.05, 0) is 37.0 Å². The first kappa shape index (κ1) is 12.5. The Hall–Kier alpha value is 0.01000. The van der Waals surface area contributed by atoms with Crippen molar-refractivity contribution in [3.05, 3.63) is 28.7 Å². The van der Waals surface area contributed by atoms with Crippen LogP contribution in [0, 0.1) is 5.92 Å². The van der Waals surface area contributed by atoms with Crippen LogP contribution in [0.5, 0.6) is 0 Å². The van der Waals surface area contributed by atoms with Gasteiger partial charge in [-0.15, -0.1) is 11.8 Å². The second-order valence-electron chi connectivity index (χ2n) is 4.55. The number of thioether (sulfide) groups is 1. The molecule has 0 amide bonds. The third-order valence-corrected chi connectivity index (χ3v) is 4.58.